The standard InChI is InChI=1S/C12H22O4/c1-10(2)5-6-16-11(14)7-12(3,4)8-15-9-13/h9-10H,5-8H2,1-4H3. The van der Waals surface area contributed by atoms with Crippen LogP contribution in [0.4, 0.5) is 0 Å². The number of hydrogen-bond donors (Lipinski definition) is 0. The summed E-state index contributed by atoms with van der Waals surface area (Å²) in [6, 6.07) is 0. The van der Waals surface area contributed by atoms with Crippen molar-refractivity contribution in [2.45, 2.75) is 40.5 Å². The molecule has 0 saturated heterocycles. The average molecular weight is 230 g/mol. The van der Waals surface area contributed by atoms with E-state index in [1.54, 1.807) is 0 Å². The summed E-state index contributed by atoms with van der Waals surface area (Å²) >= 11 is 0. The maximum Gasteiger partial charge on any atom is 0.306 e. The molecule has 0 rings (SSSR count). The van der Waals surface area contributed by atoms with E-state index in [0.717, 1.165) is 6.42 Å². The van der Waals surface area contributed by atoms with Crippen molar-refractivity contribution in [3.05, 3.63) is 0 Å². The molecule has 94 valence electrons. The first-order chi connectivity index (χ1) is 7.37. The third-order valence-electron chi connectivity index (χ3n) is 2.12. The molecule has 4 nitrogen and oxygen atoms in total. The van der Waals surface area contributed by atoms with E-state index >= 15 is 0 Å². The minimum atomic E-state index is -0.365. The molecule has 0 amide bonds. The molecule has 0 fully saturated rings. The summed E-state index contributed by atoms with van der Waals surface area (Å²) in [5, 5.41) is 0. The summed E-state index contributed by atoms with van der Waals surface area (Å²) in [6.45, 7) is 8.97. The first-order valence-electron chi connectivity index (χ1n) is 5.58. The topological polar surface area (TPSA) is 52.6 Å². The molecule has 0 aromatic carbocycles. The normalized spacial score (nSPS) is 11.3. The molecule has 0 saturated carbocycles. The largest absolute Gasteiger partial charge is 0.467 e. The first-order valence-corrected chi connectivity index (χ1v) is 5.58. The number of rotatable bonds is 8. The van der Waals surface area contributed by atoms with Gasteiger partial charge in [0.1, 0.15) is 0 Å². The van der Waals surface area contributed by atoms with Crippen molar-refractivity contribution in [1.29, 1.82) is 0 Å². The Hall–Kier alpha value is -1.06. The maximum absolute atomic E-state index is 11.4. The quantitative estimate of drug-likeness (QED) is 0.473. The number of carbonyl (C=O) groups excluding carboxylic acids is 2. The summed E-state index contributed by atoms with van der Waals surface area (Å²) in [6.07, 6.45) is 1.13. The third kappa shape index (κ3) is 8.26. The Balaban J connectivity index is 3.80. The van der Waals surface area contributed by atoms with Gasteiger partial charge in [0, 0.05) is 5.41 Å². The SMILES string of the molecule is CC(C)CCOC(=O)CC(C)(C)COC=O. The Morgan fingerprint density at radius 2 is 2.00 bits per heavy atom. The molecule has 0 heterocycles. The van der Waals surface area contributed by atoms with Crippen molar-refractivity contribution >= 4 is 12.4 Å². The predicted molar refractivity (Wildman–Crippen MR) is 60.8 cm³/mol. The van der Waals surface area contributed by atoms with Crippen LogP contribution in [0.15, 0.2) is 0 Å². The van der Waals surface area contributed by atoms with Gasteiger partial charge in [-0.25, -0.2) is 0 Å². The average Bonchev–Trinajstić information content (AvgIpc) is 2.13. The highest BCUT2D eigenvalue weighted by Crippen LogP contribution is 2.21. The second-order valence-corrected chi connectivity index (χ2v) is 5.15. The van der Waals surface area contributed by atoms with Crippen LogP contribution < -0.4 is 0 Å². The van der Waals surface area contributed by atoms with E-state index in [2.05, 4.69) is 18.6 Å². The molecule has 0 aromatic rings. The number of esters is 1. The van der Waals surface area contributed by atoms with Gasteiger partial charge in [-0.1, -0.05) is 27.7 Å². The Morgan fingerprint density at radius 3 is 2.50 bits per heavy atom. The summed E-state index contributed by atoms with van der Waals surface area (Å²) < 4.78 is 9.74. The van der Waals surface area contributed by atoms with Gasteiger partial charge in [0.25, 0.3) is 6.47 Å². The second-order valence-electron chi connectivity index (χ2n) is 5.15. The van der Waals surface area contributed by atoms with Crippen LogP contribution in [0, 0.1) is 11.3 Å². The zero-order valence-corrected chi connectivity index (χ0v) is 10.6. The van der Waals surface area contributed by atoms with E-state index in [9.17, 15) is 9.59 Å². The van der Waals surface area contributed by atoms with E-state index < -0.39 is 0 Å². The van der Waals surface area contributed by atoms with E-state index in [-0.39, 0.29) is 24.4 Å². The molecule has 0 N–H and O–H groups in total. The molecule has 0 aliphatic carbocycles. The number of hydrogen-bond acceptors (Lipinski definition) is 4. The van der Waals surface area contributed by atoms with Crippen LogP contribution in [0.1, 0.15) is 40.5 Å². The van der Waals surface area contributed by atoms with Crippen molar-refractivity contribution < 1.29 is 19.1 Å². The smallest absolute Gasteiger partial charge is 0.306 e. The minimum Gasteiger partial charge on any atom is -0.467 e. The summed E-state index contributed by atoms with van der Waals surface area (Å²) in [5.74, 6) is 0.291. The summed E-state index contributed by atoms with van der Waals surface area (Å²) in [4.78, 5) is 21.5. The molecule has 0 unspecified atom stereocenters. The molecular formula is C12H22O4. The Morgan fingerprint density at radius 1 is 1.38 bits per heavy atom. The van der Waals surface area contributed by atoms with Crippen LogP contribution in [-0.2, 0) is 19.1 Å². The van der Waals surface area contributed by atoms with Crippen molar-refractivity contribution in [3.8, 4) is 0 Å². The monoisotopic (exact) mass is 230 g/mol. The highest BCUT2D eigenvalue weighted by Gasteiger charge is 2.23. The highest BCUT2D eigenvalue weighted by molar-refractivity contribution is 5.70. The molecule has 4 heteroatoms. The minimum absolute atomic E-state index is 0.232. The van der Waals surface area contributed by atoms with Gasteiger partial charge in [0.2, 0.25) is 0 Å². The lowest BCUT2D eigenvalue weighted by Gasteiger charge is -2.21. The highest BCUT2D eigenvalue weighted by atomic mass is 16.5. The maximum atomic E-state index is 11.4. The fraction of sp³-hybridized carbons (Fsp3) is 0.833. The van der Waals surface area contributed by atoms with Crippen LogP contribution in [-0.4, -0.2) is 25.7 Å². The van der Waals surface area contributed by atoms with E-state index in [1.807, 2.05) is 13.8 Å². The van der Waals surface area contributed by atoms with E-state index in [1.165, 1.54) is 0 Å². The van der Waals surface area contributed by atoms with Gasteiger partial charge < -0.3 is 9.47 Å². The molecule has 0 aromatic heterocycles. The fourth-order valence-electron chi connectivity index (χ4n) is 1.16. The number of ether oxygens (including phenoxy) is 2. The van der Waals surface area contributed by atoms with E-state index in [4.69, 9.17) is 4.74 Å². The Bertz CT molecular complexity index is 221. The molecule has 0 aliphatic heterocycles. The second kappa shape index (κ2) is 7.25. The Kier molecular flexibility index (Phi) is 6.77. The molecule has 0 atom stereocenters. The third-order valence-corrected chi connectivity index (χ3v) is 2.12. The van der Waals surface area contributed by atoms with Crippen LogP contribution in [0.5, 0.6) is 0 Å². The van der Waals surface area contributed by atoms with Crippen LogP contribution in [0.2, 0.25) is 0 Å². The molecule has 0 aliphatic rings. The van der Waals surface area contributed by atoms with Gasteiger partial charge in [-0.15, -0.1) is 0 Å². The molecular weight excluding hydrogens is 208 g/mol. The zero-order valence-electron chi connectivity index (χ0n) is 10.6. The van der Waals surface area contributed by atoms with E-state index in [0.29, 0.717) is 19.0 Å². The van der Waals surface area contributed by atoms with Gasteiger partial charge in [0.15, 0.2) is 0 Å². The van der Waals surface area contributed by atoms with Crippen LogP contribution in [0.25, 0.3) is 0 Å². The predicted octanol–water partition coefficient (Wildman–Crippen LogP) is 2.17. The molecule has 0 spiro atoms. The van der Waals surface area contributed by atoms with Gasteiger partial charge >= 0.3 is 5.97 Å². The van der Waals surface area contributed by atoms with Crippen LogP contribution >= 0.6 is 0 Å². The van der Waals surface area contributed by atoms with Crippen molar-refractivity contribution in [1.82, 2.24) is 0 Å². The lowest BCUT2D eigenvalue weighted by atomic mass is 9.91. The fourth-order valence-corrected chi connectivity index (χ4v) is 1.16. The van der Waals surface area contributed by atoms with Crippen molar-refractivity contribution in [2.75, 3.05) is 13.2 Å². The molecule has 16 heavy (non-hydrogen) atoms. The van der Waals surface area contributed by atoms with Crippen LogP contribution in [0.3, 0.4) is 0 Å². The lowest BCUT2D eigenvalue weighted by molar-refractivity contribution is -0.148. The summed E-state index contributed by atoms with van der Waals surface area (Å²) in [5.41, 5.74) is -0.365. The van der Waals surface area contributed by atoms with Gasteiger partial charge in [0.05, 0.1) is 19.6 Å². The van der Waals surface area contributed by atoms with Crippen molar-refractivity contribution in [3.63, 3.8) is 0 Å². The zero-order chi connectivity index (χ0) is 12.6. The number of carbonyl (C=O) groups is 2. The summed E-state index contributed by atoms with van der Waals surface area (Å²) in [7, 11) is 0. The van der Waals surface area contributed by atoms with Gasteiger partial charge in [-0.2, -0.15) is 0 Å². The first kappa shape index (κ1) is 14.9. The lowest BCUT2D eigenvalue weighted by Crippen LogP contribution is -2.24. The Labute approximate surface area is 97.3 Å². The van der Waals surface area contributed by atoms with Gasteiger partial charge in [-0.3, -0.25) is 9.59 Å². The van der Waals surface area contributed by atoms with Crippen molar-refractivity contribution in [2.24, 2.45) is 11.3 Å². The van der Waals surface area contributed by atoms with Gasteiger partial charge in [-0.05, 0) is 12.3 Å². The molecule has 0 bridgehead atoms. The molecule has 0 radical (unpaired) electrons.